The van der Waals surface area contributed by atoms with Gasteiger partial charge >= 0.3 is 0 Å². The number of amides is 3. The molecule has 2 aromatic carbocycles. The number of carbonyl (C=O) groups excluding carboxylic acids is 3. The topological polar surface area (TPSA) is 125 Å². The number of anilines is 2. The van der Waals surface area contributed by atoms with Gasteiger partial charge in [-0.2, -0.15) is 4.31 Å². The number of methoxy groups -OCH3 is 1. The molecular weight excluding hydrogens is 448 g/mol. The molecule has 0 unspecified atom stereocenters. The smallest absolute Gasteiger partial charge is 0.255 e. The lowest BCUT2D eigenvalue weighted by Crippen LogP contribution is -2.49. The number of nitrogens with one attached hydrogen (secondary N) is 2. The van der Waals surface area contributed by atoms with Gasteiger partial charge in [-0.1, -0.05) is 6.07 Å². The number of sulfonamides is 1. The molecule has 33 heavy (non-hydrogen) atoms. The zero-order valence-corrected chi connectivity index (χ0v) is 19.4. The number of piperazine rings is 1. The highest BCUT2D eigenvalue weighted by Gasteiger charge is 2.29. The van der Waals surface area contributed by atoms with E-state index in [0.29, 0.717) is 30.2 Å². The maximum atomic E-state index is 13.1. The standard InChI is InChI=1S/C22H26N4O6S/c1-15(27)23-18-7-8-21(32-3)20(14-18)24-22(29)17-5-4-6-19(13-17)33(30,31)26-11-9-25(10-12-26)16(2)28/h4-8,13-14H,9-12H2,1-3H3,(H,23,27)(H,24,29). The molecule has 3 rings (SSSR count). The maximum absolute atomic E-state index is 13.1. The minimum absolute atomic E-state index is 0.00890. The molecule has 0 spiro atoms. The van der Waals surface area contributed by atoms with Gasteiger partial charge < -0.3 is 20.3 Å². The summed E-state index contributed by atoms with van der Waals surface area (Å²) in [5.74, 6) is -0.514. The predicted molar refractivity (Wildman–Crippen MR) is 123 cm³/mol. The Morgan fingerprint density at radius 2 is 1.64 bits per heavy atom. The van der Waals surface area contributed by atoms with Crippen molar-refractivity contribution >= 4 is 39.1 Å². The van der Waals surface area contributed by atoms with Gasteiger partial charge in [-0.15, -0.1) is 0 Å². The van der Waals surface area contributed by atoms with E-state index in [1.807, 2.05) is 0 Å². The summed E-state index contributed by atoms with van der Waals surface area (Å²) in [5, 5.41) is 5.33. The van der Waals surface area contributed by atoms with Gasteiger partial charge in [0.1, 0.15) is 5.75 Å². The van der Waals surface area contributed by atoms with E-state index < -0.39 is 15.9 Å². The van der Waals surface area contributed by atoms with Crippen LogP contribution in [0.3, 0.4) is 0 Å². The highest BCUT2D eigenvalue weighted by atomic mass is 32.2. The van der Waals surface area contributed by atoms with Crippen molar-refractivity contribution in [3.8, 4) is 5.75 Å². The molecule has 0 atom stereocenters. The highest BCUT2D eigenvalue weighted by molar-refractivity contribution is 7.89. The van der Waals surface area contributed by atoms with Crippen molar-refractivity contribution in [1.29, 1.82) is 0 Å². The molecule has 1 aliphatic heterocycles. The lowest BCUT2D eigenvalue weighted by molar-refractivity contribution is -0.130. The van der Waals surface area contributed by atoms with E-state index in [4.69, 9.17) is 4.74 Å². The van der Waals surface area contributed by atoms with Gasteiger partial charge in [-0.05, 0) is 36.4 Å². The molecule has 10 nitrogen and oxygen atoms in total. The molecule has 1 saturated heterocycles. The predicted octanol–water partition coefficient (Wildman–Crippen LogP) is 1.76. The average Bonchev–Trinajstić information content (AvgIpc) is 2.79. The largest absolute Gasteiger partial charge is 0.495 e. The van der Waals surface area contributed by atoms with Gasteiger partial charge in [0, 0.05) is 51.3 Å². The summed E-state index contributed by atoms with van der Waals surface area (Å²) in [6.45, 7) is 3.83. The monoisotopic (exact) mass is 474 g/mol. The maximum Gasteiger partial charge on any atom is 0.255 e. The zero-order chi connectivity index (χ0) is 24.2. The Morgan fingerprint density at radius 3 is 2.24 bits per heavy atom. The number of nitrogens with zero attached hydrogens (tertiary/aromatic N) is 2. The van der Waals surface area contributed by atoms with Gasteiger partial charge in [0.2, 0.25) is 21.8 Å². The molecule has 3 amide bonds. The van der Waals surface area contributed by atoms with Gasteiger partial charge in [0.15, 0.2) is 0 Å². The van der Waals surface area contributed by atoms with Crippen LogP contribution in [0.15, 0.2) is 47.4 Å². The third-order valence-electron chi connectivity index (χ3n) is 5.19. The normalized spacial score (nSPS) is 14.5. The van der Waals surface area contributed by atoms with Gasteiger partial charge in [0.25, 0.3) is 5.91 Å². The Bertz CT molecular complexity index is 1170. The second-order valence-corrected chi connectivity index (χ2v) is 9.43. The second kappa shape index (κ2) is 10.0. The van der Waals surface area contributed by atoms with Crippen molar-refractivity contribution < 1.29 is 27.5 Å². The summed E-state index contributed by atoms with van der Waals surface area (Å²) in [4.78, 5) is 37.3. The van der Waals surface area contributed by atoms with E-state index >= 15 is 0 Å². The van der Waals surface area contributed by atoms with Crippen LogP contribution in [0.25, 0.3) is 0 Å². The van der Waals surface area contributed by atoms with Crippen LogP contribution in [0.4, 0.5) is 11.4 Å². The van der Waals surface area contributed by atoms with Crippen molar-refractivity contribution in [2.45, 2.75) is 18.7 Å². The molecule has 0 saturated carbocycles. The lowest BCUT2D eigenvalue weighted by Gasteiger charge is -2.33. The Labute approximate surface area is 192 Å². The van der Waals surface area contributed by atoms with Crippen molar-refractivity contribution in [2.75, 3.05) is 43.9 Å². The highest BCUT2D eigenvalue weighted by Crippen LogP contribution is 2.29. The quantitative estimate of drug-likeness (QED) is 0.657. The van der Waals surface area contributed by atoms with E-state index in [2.05, 4.69) is 10.6 Å². The molecule has 0 aliphatic carbocycles. The molecule has 176 valence electrons. The Balaban J connectivity index is 1.80. The third-order valence-corrected chi connectivity index (χ3v) is 7.08. The molecule has 1 aliphatic rings. The molecule has 1 heterocycles. The molecule has 2 aromatic rings. The number of benzene rings is 2. The van der Waals surface area contributed by atoms with Crippen LogP contribution in [0, 0.1) is 0 Å². The Kier molecular flexibility index (Phi) is 7.34. The number of hydrogen-bond donors (Lipinski definition) is 2. The van der Waals surface area contributed by atoms with Crippen molar-refractivity contribution in [2.24, 2.45) is 0 Å². The van der Waals surface area contributed by atoms with Crippen LogP contribution in [0.5, 0.6) is 5.75 Å². The summed E-state index contributed by atoms with van der Waals surface area (Å²) in [5.41, 5.74) is 0.937. The second-order valence-electron chi connectivity index (χ2n) is 7.49. The first-order valence-corrected chi connectivity index (χ1v) is 11.7. The minimum Gasteiger partial charge on any atom is -0.495 e. The molecule has 1 fully saturated rings. The van der Waals surface area contributed by atoms with Crippen LogP contribution in [0.1, 0.15) is 24.2 Å². The van der Waals surface area contributed by atoms with Crippen molar-refractivity contribution in [3.05, 3.63) is 48.0 Å². The molecule has 0 radical (unpaired) electrons. The third kappa shape index (κ3) is 5.68. The lowest BCUT2D eigenvalue weighted by atomic mass is 10.2. The number of ether oxygens (including phenoxy) is 1. The molecule has 2 N–H and O–H groups in total. The minimum atomic E-state index is -3.83. The van der Waals surface area contributed by atoms with Crippen LogP contribution in [-0.4, -0.2) is 68.6 Å². The average molecular weight is 475 g/mol. The summed E-state index contributed by atoms with van der Waals surface area (Å²) in [6.07, 6.45) is 0. The van der Waals surface area contributed by atoms with Crippen LogP contribution in [-0.2, 0) is 19.6 Å². The fourth-order valence-corrected chi connectivity index (χ4v) is 4.94. The Hall–Kier alpha value is -3.44. The first kappa shape index (κ1) is 24.2. The zero-order valence-electron chi connectivity index (χ0n) is 18.6. The SMILES string of the molecule is COc1ccc(NC(C)=O)cc1NC(=O)c1cccc(S(=O)(=O)N2CCN(C(C)=O)CC2)c1. The number of rotatable bonds is 6. The first-order valence-electron chi connectivity index (χ1n) is 10.2. The molecular formula is C22H26N4O6S. The van der Waals surface area contributed by atoms with Crippen LogP contribution in [0.2, 0.25) is 0 Å². The van der Waals surface area contributed by atoms with Crippen molar-refractivity contribution in [1.82, 2.24) is 9.21 Å². The number of hydrogen-bond acceptors (Lipinski definition) is 6. The van der Waals surface area contributed by atoms with E-state index in [1.54, 1.807) is 23.1 Å². The summed E-state index contributed by atoms with van der Waals surface area (Å²) < 4.78 is 32.7. The van der Waals surface area contributed by atoms with E-state index in [-0.39, 0.29) is 35.4 Å². The summed E-state index contributed by atoms with van der Waals surface area (Å²) in [6, 6.07) is 10.5. The van der Waals surface area contributed by atoms with Crippen LogP contribution >= 0.6 is 0 Å². The van der Waals surface area contributed by atoms with E-state index in [1.165, 1.54) is 49.5 Å². The van der Waals surface area contributed by atoms with Crippen LogP contribution < -0.4 is 15.4 Å². The first-order chi connectivity index (χ1) is 15.6. The fraction of sp³-hybridized carbons (Fsp3) is 0.318. The molecule has 0 aromatic heterocycles. The van der Waals surface area contributed by atoms with Gasteiger partial charge in [-0.25, -0.2) is 8.42 Å². The molecule has 0 bridgehead atoms. The fourth-order valence-electron chi connectivity index (χ4n) is 3.47. The summed E-state index contributed by atoms with van der Waals surface area (Å²) >= 11 is 0. The van der Waals surface area contributed by atoms with E-state index in [0.717, 1.165) is 0 Å². The van der Waals surface area contributed by atoms with Gasteiger partial charge in [0.05, 0.1) is 17.7 Å². The number of carbonyl (C=O) groups is 3. The molecule has 11 heteroatoms. The van der Waals surface area contributed by atoms with E-state index in [9.17, 15) is 22.8 Å². The van der Waals surface area contributed by atoms with Gasteiger partial charge in [-0.3, -0.25) is 14.4 Å². The Morgan fingerprint density at radius 1 is 0.939 bits per heavy atom. The summed E-state index contributed by atoms with van der Waals surface area (Å²) in [7, 11) is -2.38. The van der Waals surface area contributed by atoms with Crippen molar-refractivity contribution in [3.63, 3.8) is 0 Å².